The molecule has 1 unspecified atom stereocenters. The van der Waals surface area contributed by atoms with Gasteiger partial charge in [-0.3, -0.25) is 4.79 Å². The molecule has 14 heavy (non-hydrogen) atoms. The first-order valence-corrected chi connectivity index (χ1v) is 4.99. The van der Waals surface area contributed by atoms with E-state index in [1.54, 1.807) is 13.8 Å². The van der Waals surface area contributed by atoms with Crippen LogP contribution in [0.25, 0.3) is 0 Å². The van der Waals surface area contributed by atoms with Crippen LogP contribution in [0.1, 0.15) is 27.7 Å². The Kier molecular flexibility index (Phi) is 5.72. The van der Waals surface area contributed by atoms with Crippen LogP contribution in [0.3, 0.4) is 0 Å². The summed E-state index contributed by atoms with van der Waals surface area (Å²) in [6.07, 6.45) is 0. The Morgan fingerprint density at radius 1 is 1.57 bits per heavy atom. The average Bonchev–Trinajstić information content (AvgIpc) is 2.04. The molecule has 0 aromatic heterocycles. The second-order valence-corrected chi connectivity index (χ2v) is 3.92. The zero-order chi connectivity index (χ0) is 11.2. The summed E-state index contributed by atoms with van der Waals surface area (Å²) in [6, 6.07) is 0. The zero-order valence-electron chi connectivity index (χ0n) is 9.46. The van der Waals surface area contributed by atoms with Gasteiger partial charge in [0.05, 0.1) is 18.8 Å². The van der Waals surface area contributed by atoms with Gasteiger partial charge in [0.2, 0.25) is 0 Å². The lowest BCUT2D eigenvalue weighted by Crippen LogP contribution is -2.43. The van der Waals surface area contributed by atoms with E-state index in [4.69, 9.17) is 4.74 Å². The van der Waals surface area contributed by atoms with Gasteiger partial charge in [-0.25, -0.2) is 0 Å². The Hall–Kier alpha value is -0.610. The third-order valence-corrected chi connectivity index (χ3v) is 2.30. The van der Waals surface area contributed by atoms with Gasteiger partial charge in [0.1, 0.15) is 0 Å². The fourth-order valence-corrected chi connectivity index (χ4v) is 0.834. The maximum Gasteiger partial charge on any atom is 0.319 e. The van der Waals surface area contributed by atoms with Crippen LogP contribution in [0.2, 0.25) is 0 Å². The largest absolute Gasteiger partial charge is 0.465 e. The first-order valence-electron chi connectivity index (χ1n) is 4.99. The number of nitrogens with one attached hydrogen (secondary N) is 1. The Morgan fingerprint density at radius 3 is 2.57 bits per heavy atom. The van der Waals surface area contributed by atoms with Gasteiger partial charge in [-0.2, -0.15) is 0 Å². The van der Waals surface area contributed by atoms with Gasteiger partial charge in [0.15, 0.2) is 0 Å². The van der Waals surface area contributed by atoms with Gasteiger partial charge in [-0.1, -0.05) is 13.8 Å². The molecule has 0 aliphatic rings. The molecule has 0 bridgehead atoms. The molecule has 4 nitrogen and oxygen atoms in total. The van der Waals surface area contributed by atoms with Crippen molar-refractivity contribution in [1.29, 1.82) is 0 Å². The molecule has 0 heterocycles. The van der Waals surface area contributed by atoms with Crippen LogP contribution in [0.15, 0.2) is 0 Å². The minimum atomic E-state index is -0.785. The summed E-state index contributed by atoms with van der Waals surface area (Å²) >= 11 is 0. The van der Waals surface area contributed by atoms with Crippen LogP contribution in [-0.4, -0.2) is 36.4 Å². The lowest BCUT2D eigenvalue weighted by Gasteiger charge is -2.27. The van der Waals surface area contributed by atoms with E-state index in [0.29, 0.717) is 13.2 Å². The highest BCUT2D eigenvalue weighted by Gasteiger charge is 2.24. The highest BCUT2D eigenvalue weighted by atomic mass is 16.5. The molecule has 0 aromatic rings. The normalized spacial score (nSPS) is 15.3. The number of esters is 1. The predicted octanol–water partition coefficient (Wildman–Crippen LogP) is 0.546. The van der Waals surface area contributed by atoms with Crippen molar-refractivity contribution in [3.8, 4) is 0 Å². The molecule has 0 aliphatic heterocycles. The third-order valence-electron chi connectivity index (χ3n) is 2.30. The topological polar surface area (TPSA) is 58.6 Å². The molecule has 2 N–H and O–H groups in total. The molecule has 84 valence electrons. The van der Waals surface area contributed by atoms with Crippen molar-refractivity contribution >= 4 is 5.97 Å². The summed E-state index contributed by atoms with van der Waals surface area (Å²) in [4.78, 5) is 10.9. The fourth-order valence-electron chi connectivity index (χ4n) is 0.834. The van der Waals surface area contributed by atoms with Gasteiger partial charge in [-0.05, 0) is 19.8 Å². The standard InChI is InChI=1S/C10H21NO3/c1-5-14-9(12)6-11-7-10(4,13)8(2)3/h8,11,13H,5-7H2,1-4H3. The molecule has 0 saturated heterocycles. The van der Waals surface area contributed by atoms with Crippen molar-refractivity contribution in [3.05, 3.63) is 0 Å². The zero-order valence-corrected chi connectivity index (χ0v) is 9.46. The molecule has 0 amide bonds. The van der Waals surface area contributed by atoms with Crippen molar-refractivity contribution in [3.63, 3.8) is 0 Å². The van der Waals surface area contributed by atoms with E-state index >= 15 is 0 Å². The van der Waals surface area contributed by atoms with Crippen LogP contribution in [-0.2, 0) is 9.53 Å². The molecular weight excluding hydrogens is 182 g/mol. The fraction of sp³-hybridized carbons (Fsp3) is 0.900. The van der Waals surface area contributed by atoms with Crippen molar-refractivity contribution in [2.24, 2.45) is 5.92 Å². The molecule has 0 rings (SSSR count). The van der Waals surface area contributed by atoms with E-state index in [1.165, 1.54) is 0 Å². The summed E-state index contributed by atoms with van der Waals surface area (Å²) in [7, 11) is 0. The number of carbonyl (C=O) groups is 1. The molecule has 0 spiro atoms. The second-order valence-electron chi connectivity index (χ2n) is 3.92. The SMILES string of the molecule is CCOC(=O)CNCC(C)(O)C(C)C. The molecule has 0 aliphatic carbocycles. The lowest BCUT2D eigenvalue weighted by atomic mass is 9.93. The van der Waals surface area contributed by atoms with E-state index < -0.39 is 5.60 Å². The number of carbonyl (C=O) groups excluding carboxylic acids is 1. The van der Waals surface area contributed by atoms with Crippen molar-refractivity contribution in [2.45, 2.75) is 33.3 Å². The number of hydrogen-bond donors (Lipinski definition) is 2. The van der Waals surface area contributed by atoms with Crippen molar-refractivity contribution in [1.82, 2.24) is 5.32 Å². The summed E-state index contributed by atoms with van der Waals surface area (Å²) in [5, 5.41) is 12.7. The van der Waals surface area contributed by atoms with Crippen LogP contribution in [0, 0.1) is 5.92 Å². The van der Waals surface area contributed by atoms with Crippen LogP contribution >= 0.6 is 0 Å². The van der Waals surface area contributed by atoms with Gasteiger partial charge in [-0.15, -0.1) is 0 Å². The van der Waals surface area contributed by atoms with E-state index in [1.807, 2.05) is 13.8 Å². The number of rotatable bonds is 6. The highest BCUT2D eigenvalue weighted by molar-refractivity contribution is 5.71. The van der Waals surface area contributed by atoms with Gasteiger partial charge in [0, 0.05) is 6.54 Å². The van der Waals surface area contributed by atoms with E-state index in [0.717, 1.165) is 0 Å². The van der Waals surface area contributed by atoms with Crippen LogP contribution in [0.4, 0.5) is 0 Å². The third kappa shape index (κ3) is 5.19. The minimum absolute atomic E-state index is 0.150. The van der Waals surface area contributed by atoms with Crippen molar-refractivity contribution in [2.75, 3.05) is 19.7 Å². The number of aliphatic hydroxyl groups is 1. The first kappa shape index (κ1) is 13.4. The molecule has 0 aromatic carbocycles. The molecule has 0 saturated carbocycles. The van der Waals surface area contributed by atoms with Gasteiger partial charge in [0.25, 0.3) is 0 Å². The Bertz CT molecular complexity index is 178. The first-order chi connectivity index (χ1) is 6.40. The smallest absolute Gasteiger partial charge is 0.319 e. The quantitative estimate of drug-likeness (QED) is 0.619. The number of hydrogen-bond acceptors (Lipinski definition) is 4. The van der Waals surface area contributed by atoms with Gasteiger partial charge >= 0.3 is 5.97 Å². The molecular formula is C10H21NO3. The Labute approximate surface area is 85.6 Å². The summed E-state index contributed by atoms with van der Waals surface area (Å²) < 4.78 is 4.73. The maximum atomic E-state index is 10.9. The average molecular weight is 203 g/mol. The van der Waals surface area contributed by atoms with Crippen LogP contribution < -0.4 is 5.32 Å². The Balaban J connectivity index is 3.68. The van der Waals surface area contributed by atoms with E-state index in [-0.39, 0.29) is 18.4 Å². The van der Waals surface area contributed by atoms with Crippen LogP contribution in [0.5, 0.6) is 0 Å². The lowest BCUT2D eigenvalue weighted by molar-refractivity contribution is -0.142. The van der Waals surface area contributed by atoms with Crippen molar-refractivity contribution < 1.29 is 14.6 Å². The number of ether oxygens (including phenoxy) is 1. The Morgan fingerprint density at radius 2 is 2.14 bits per heavy atom. The highest BCUT2D eigenvalue weighted by Crippen LogP contribution is 2.14. The van der Waals surface area contributed by atoms with E-state index in [9.17, 15) is 9.90 Å². The summed E-state index contributed by atoms with van der Waals surface area (Å²) in [6.45, 7) is 8.32. The molecule has 0 radical (unpaired) electrons. The molecule has 0 fully saturated rings. The van der Waals surface area contributed by atoms with E-state index in [2.05, 4.69) is 5.32 Å². The predicted molar refractivity (Wildman–Crippen MR) is 55.0 cm³/mol. The molecule has 4 heteroatoms. The monoisotopic (exact) mass is 203 g/mol. The second kappa shape index (κ2) is 5.98. The minimum Gasteiger partial charge on any atom is -0.465 e. The maximum absolute atomic E-state index is 10.9. The summed E-state index contributed by atoms with van der Waals surface area (Å²) in [5.74, 6) is -0.135. The summed E-state index contributed by atoms with van der Waals surface area (Å²) in [5.41, 5.74) is -0.785. The molecule has 1 atom stereocenters. The van der Waals surface area contributed by atoms with Gasteiger partial charge < -0.3 is 15.2 Å².